The van der Waals surface area contributed by atoms with Crippen molar-refractivity contribution in [3.8, 4) is 0 Å². The fourth-order valence-corrected chi connectivity index (χ4v) is 5.93. The number of nitrogens with zero attached hydrogens (tertiary/aromatic N) is 1. The number of primary amides is 1. The van der Waals surface area contributed by atoms with E-state index in [-0.39, 0.29) is 31.2 Å². The molecule has 0 aliphatic carbocycles. The highest BCUT2D eigenvalue weighted by atomic mass is 16.4. The Morgan fingerprint density at radius 3 is 1.83 bits per heavy atom. The van der Waals surface area contributed by atoms with Crippen LogP contribution in [0.15, 0.2) is 0 Å². The minimum Gasteiger partial charge on any atom is -0.481 e. The smallest absolute Gasteiger partial charge is 0.326 e. The fraction of sp³-hybridized carbons (Fsp3) is 0.719. The number of carboxylic acid groups (broad SMARTS) is 2. The van der Waals surface area contributed by atoms with E-state index in [0.717, 1.165) is 11.3 Å². The van der Waals surface area contributed by atoms with E-state index in [0.29, 0.717) is 19.4 Å². The number of carbonyl (C=O) groups excluding carboxylic acids is 7. The molecule has 0 saturated carbocycles. The Morgan fingerprint density at radius 2 is 1.28 bits per heavy atom. The maximum atomic E-state index is 13.5. The van der Waals surface area contributed by atoms with Crippen LogP contribution in [0.25, 0.3) is 0 Å². The van der Waals surface area contributed by atoms with Crippen LogP contribution >= 0.6 is 0 Å². The van der Waals surface area contributed by atoms with Crippen molar-refractivity contribution in [2.24, 2.45) is 11.7 Å². The minimum atomic E-state index is -1.70. The van der Waals surface area contributed by atoms with Crippen LogP contribution in [-0.4, -0.2) is 147 Å². The molecular formula is C32H52N8O13. The van der Waals surface area contributed by atoms with Crippen molar-refractivity contribution in [2.75, 3.05) is 26.3 Å². The van der Waals surface area contributed by atoms with Gasteiger partial charge in [0, 0.05) is 19.4 Å². The number of likely N-dealkylation sites (tertiary alicyclic amines) is 1. The van der Waals surface area contributed by atoms with Crippen LogP contribution in [0.4, 0.5) is 0 Å². The van der Waals surface area contributed by atoms with Crippen LogP contribution in [0, 0.1) is 5.92 Å². The highest BCUT2D eigenvalue weighted by Crippen LogP contribution is 2.19. The van der Waals surface area contributed by atoms with Crippen molar-refractivity contribution < 1.29 is 63.6 Å². The Kier molecular flexibility index (Phi) is 18.0. The molecule has 0 aromatic rings. The van der Waals surface area contributed by atoms with Gasteiger partial charge in [0.05, 0.1) is 19.3 Å². The molecule has 2 saturated heterocycles. The van der Waals surface area contributed by atoms with E-state index < -0.39 is 129 Å². The highest BCUT2D eigenvalue weighted by molar-refractivity contribution is 5.97. The number of aliphatic carboxylic acids is 2. The number of hydrogen-bond donors (Lipinski definition) is 11. The molecule has 12 N–H and O–H groups in total. The van der Waals surface area contributed by atoms with Gasteiger partial charge in [0.25, 0.3) is 0 Å². The quantitative estimate of drug-likeness (QED) is 0.0495. The molecule has 2 rings (SSSR count). The molecule has 0 aromatic heterocycles. The molecule has 298 valence electrons. The van der Waals surface area contributed by atoms with E-state index in [1.54, 1.807) is 0 Å². The topological polar surface area (TPSA) is 336 Å². The number of nitrogens with one attached hydrogen (secondary N) is 6. The number of carboxylic acids is 2. The summed E-state index contributed by atoms with van der Waals surface area (Å²) >= 11 is 0. The van der Waals surface area contributed by atoms with Gasteiger partial charge in [-0.3, -0.25) is 38.4 Å². The molecule has 7 atom stereocenters. The van der Waals surface area contributed by atoms with Crippen LogP contribution in [0.2, 0.25) is 0 Å². The summed E-state index contributed by atoms with van der Waals surface area (Å²) in [4.78, 5) is 114. The molecule has 2 fully saturated rings. The molecular weight excluding hydrogens is 704 g/mol. The Balaban J connectivity index is 2.12. The van der Waals surface area contributed by atoms with Crippen molar-refractivity contribution in [2.45, 2.75) is 114 Å². The summed E-state index contributed by atoms with van der Waals surface area (Å²) in [6, 6.07) is -9.11. The third-order valence-corrected chi connectivity index (χ3v) is 8.74. The second-order valence-electron chi connectivity index (χ2n) is 13.4. The summed E-state index contributed by atoms with van der Waals surface area (Å²) in [5.74, 6) is -8.76. The fourth-order valence-electron chi connectivity index (χ4n) is 5.93. The van der Waals surface area contributed by atoms with Gasteiger partial charge in [-0.15, -0.1) is 0 Å². The van der Waals surface area contributed by atoms with E-state index in [1.165, 1.54) is 0 Å². The van der Waals surface area contributed by atoms with Gasteiger partial charge in [-0.2, -0.15) is 0 Å². The standard InChI is InChI=1S/C32H52N8O13/c1-16(2)13-20(37-26(46)17-5-3-11-34-17)28(48)39-22(15-42)31(51)40-12-4-6-23(40)30(50)38-21(14-41)29(49)35-18(7-9-24(33)43)27(47)36-19(32(52)53)8-10-25(44)45/h16-23,34,41-42H,3-15H2,1-2H3,(H2,33,43)(H,35,49)(H,36,47)(H,37,46)(H,38,50)(H,39,48)(H,44,45)(H,52,53)/t17-,18-,19-,20-,21-,22-,23-/m0/s1. The normalized spacial score (nSPS) is 19.6. The number of aliphatic hydroxyl groups is 2. The second-order valence-corrected chi connectivity index (χ2v) is 13.4. The number of hydrogen-bond acceptors (Lipinski definition) is 12. The molecule has 0 unspecified atom stereocenters. The van der Waals surface area contributed by atoms with E-state index >= 15 is 0 Å². The molecule has 21 heteroatoms. The van der Waals surface area contributed by atoms with E-state index in [9.17, 15) is 58.5 Å². The predicted octanol–water partition coefficient (Wildman–Crippen LogP) is -4.60. The van der Waals surface area contributed by atoms with Crippen LogP contribution in [0.1, 0.15) is 71.6 Å². The molecule has 2 aliphatic heterocycles. The summed E-state index contributed by atoms with van der Waals surface area (Å²) in [5.41, 5.74) is 5.17. The van der Waals surface area contributed by atoms with Gasteiger partial charge >= 0.3 is 11.9 Å². The molecule has 2 heterocycles. The third kappa shape index (κ3) is 14.2. The lowest BCUT2D eigenvalue weighted by molar-refractivity contribution is -0.144. The monoisotopic (exact) mass is 756 g/mol. The number of nitrogens with two attached hydrogens (primary N) is 1. The first-order valence-corrected chi connectivity index (χ1v) is 17.5. The Morgan fingerprint density at radius 1 is 0.717 bits per heavy atom. The largest absolute Gasteiger partial charge is 0.481 e. The number of amides is 7. The number of aliphatic hydroxyl groups excluding tert-OH is 2. The highest BCUT2D eigenvalue weighted by Gasteiger charge is 2.40. The summed E-state index contributed by atoms with van der Waals surface area (Å²) in [6.45, 7) is 2.57. The Labute approximate surface area is 305 Å². The van der Waals surface area contributed by atoms with Gasteiger partial charge in [0.1, 0.15) is 36.3 Å². The van der Waals surface area contributed by atoms with Gasteiger partial charge in [-0.05, 0) is 57.4 Å². The van der Waals surface area contributed by atoms with Crippen LogP contribution in [0.5, 0.6) is 0 Å². The molecule has 0 spiro atoms. The maximum absolute atomic E-state index is 13.5. The Hall–Kier alpha value is -4.89. The summed E-state index contributed by atoms with van der Waals surface area (Å²) in [5, 5.41) is 53.2. The summed E-state index contributed by atoms with van der Waals surface area (Å²) in [6.07, 6.45) is 0.137. The van der Waals surface area contributed by atoms with Gasteiger partial charge in [0.2, 0.25) is 41.4 Å². The SMILES string of the molecule is CC(C)C[C@H](NC(=O)[C@@H]1CCCN1)C(=O)N[C@@H](CO)C(=O)N1CCC[C@H]1C(=O)N[C@@H](CO)C(=O)N[C@@H](CCC(N)=O)C(=O)N[C@@H](CCC(=O)O)C(=O)O. The number of carbonyl (C=O) groups is 9. The van der Waals surface area contributed by atoms with E-state index in [2.05, 4.69) is 31.9 Å². The molecule has 7 amide bonds. The molecule has 53 heavy (non-hydrogen) atoms. The molecule has 21 nitrogen and oxygen atoms in total. The van der Waals surface area contributed by atoms with Crippen molar-refractivity contribution in [3.63, 3.8) is 0 Å². The van der Waals surface area contributed by atoms with Crippen molar-refractivity contribution >= 4 is 53.3 Å². The van der Waals surface area contributed by atoms with Crippen molar-refractivity contribution in [1.29, 1.82) is 0 Å². The van der Waals surface area contributed by atoms with E-state index in [1.807, 2.05) is 13.8 Å². The van der Waals surface area contributed by atoms with Crippen LogP contribution < -0.4 is 37.6 Å². The van der Waals surface area contributed by atoms with E-state index in [4.69, 9.17) is 10.8 Å². The molecule has 0 bridgehead atoms. The zero-order valence-electron chi connectivity index (χ0n) is 29.8. The van der Waals surface area contributed by atoms with Crippen molar-refractivity contribution in [3.05, 3.63) is 0 Å². The summed E-state index contributed by atoms with van der Waals surface area (Å²) in [7, 11) is 0. The molecule has 2 aliphatic rings. The maximum Gasteiger partial charge on any atom is 0.326 e. The van der Waals surface area contributed by atoms with Gasteiger partial charge in [-0.1, -0.05) is 13.8 Å². The first kappa shape index (κ1) is 44.3. The van der Waals surface area contributed by atoms with Crippen molar-refractivity contribution in [1.82, 2.24) is 36.8 Å². The molecule has 0 aromatic carbocycles. The van der Waals surface area contributed by atoms with Gasteiger partial charge in [-0.25, -0.2) is 4.79 Å². The van der Waals surface area contributed by atoms with Gasteiger partial charge in [0.15, 0.2) is 0 Å². The Bertz CT molecular complexity index is 1360. The lowest BCUT2D eigenvalue weighted by atomic mass is 10.0. The lowest BCUT2D eigenvalue weighted by Gasteiger charge is -2.30. The van der Waals surface area contributed by atoms with Gasteiger partial charge < -0.3 is 63.0 Å². The minimum absolute atomic E-state index is 0.0208. The van der Waals surface area contributed by atoms with Crippen LogP contribution in [0.3, 0.4) is 0 Å². The lowest BCUT2D eigenvalue weighted by Crippen LogP contribution is -2.60. The zero-order valence-corrected chi connectivity index (χ0v) is 29.8. The molecule has 0 radical (unpaired) electrons. The zero-order chi connectivity index (χ0) is 39.8. The third-order valence-electron chi connectivity index (χ3n) is 8.74. The average molecular weight is 757 g/mol. The second kappa shape index (κ2) is 21.6. The number of rotatable bonds is 22. The predicted molar refractivity (Wildman–Crippen MR) is 182 cm³/mol. The first-order chi connectivity index (χ1) is 25.0. The first-order valence-electron chi connectivity index (χ1n) is 17.5. The average Bonchev–Trinajstić information content (AvgIpc) is 3.82. The summed E-state index contributed by atoms with van der Waals surface area (Å²) < 4.78 is 0. The van der Waals surface area contributed by atoms with Crippen LogP contribution in [-0.2, 0) is 43.2 Å².